The number of pyridine rings is 8. The number of hydrogen-bond donors (Lipinski definition) is 4. The summed E-state index contributed by atoms with van der Waals surface area (Å²) in [7, 11) is 0. The Morgan fingerprint density at radius 3 is 1.04 bits per heavy atom. The van der Waals surface area contributed by atoms with Crippen LogP contribution in [-0.2, 0) is 0 Å². The third-order valence-corrected chi connectivity index (χ3v) is 24.0. The third kappa shape index (κ3) is 17.5. The average Bonchev–Trinajstić information content (AvgIpc) is 1.61. The SMILES string of the molecule is Cc1ccc(NC2CC3CC2N(C(=O)c2cc(C)cnc2-c2ncc(F)cn2)C3)nc1.Cc1ccc(NC2CC3CC2N(C(=O)c2cccnc2-c2ncc(F)cn2)C3)nc1.Cc1ccc(NC2CC3CC2N(C(=O)c2nccc(C)c2-c2ncc(F)cn2)C3)nc1.Cc1ccc(NC2CC3CC2N(C(=O)c2ncccc2-c2ncc(F)cn2)C3)nc1. The fourth-order valence-electron chi connectivity index (χ4n) is 18.4. The molecule has 4 N–H and O–H groups in total. The van der Waals surface area contributed by atoms with Crippen molar-refractivity contribution in [2.45, 2.75) is 141 Å². The van der Waals surface area contributed by atoms with Gasteiger partial charge in [-0.05, 0) is 211 Å². The largest absolute Gasteiger partial charge is 0.365 e. The smallest absolute Gasteiger partial charge is 0.273 e. The molecule has 4 aliphatic heterocycles. The Bertz CT molecular complexity index is 5540. The Labute approximate surface area is 700 Å². The quantitative estimate of drug-likeness (QED) is 0.0653. The van der Waals surface area contributed by atoms with E-state index >= 15 is 0 Å². The molecule has 0 aromatic carbocycles. The van der Waals surface area contributed by atoms with Gasteiger partial charge in [-0.3, -0.25) is 39.1 Å². The van der Waals surface area contributed by atoms with Crippen molar-refractivity contribution < 1.29 is 36.7 Å². The Morgan fingerprint density at radius 2 is 0.648 bits per heavy atom. The van der Waals surface area contributed by atoms with Gasteiger partial charge in [0.1, 0.15) is 46.0 Å². The molecule has 4 amide bonds. The van der Waals surface area contributed by atoms with Crippen LogP contribution in [0.15, 0.2) is 184 Å². The van der Waals surface area contributed by atoms with Gasteiger partial charge >= 0.3 is 0 Å². The summed E-state index contributed by atoms with van der Waals surface area (Å²) in [6.45, 7) is 14.7. The minimum absolute atomic E-state index is 0.0740. The first-order valence-corrected chi connectivity index (χ1v) is 40.9. The van der Waals surface area contributed by atoms with E-state index in [-0.39, 0.29) is 89.4 Å². The lowest BCUT2D eigenvalue weighted by Crippen LogP contribution is -2.48. The van der Waals surface area contributed by atoms with Crippen LogP contribution in [-0.4, -0.2) is 197 Å². The Hall–Kier alpha value is -13.7. The molecule has 12 atom stereocenters. The monoisotopic (exact) mass is 1640 g/mol. The van der Waals surface area contributed by atoms with Crippen LogP contribution in [0.4, 0.5) is 40.8 Å². The molecule has 12 unspecified atom stereocenters. The molecule has 20 rings (SSSR count). The molecule has 0 radical (unpaired) electrons. The average molecular weight is 1650 g/mol. The molecule has 16 heterocycles. The number of likely N-dealkylation sites (tertiary alicyclic amines) is 4. The molecule has 0 spiro atoms. The van der Waals surface area contributed by atoms with Crippen molar-refractivity contribution in [2.24, 2.45) is 23.7 Å². The highest BCUT2D eigenvalue weighted by Crippen LogP contribution is 2.45. The first kappa shape index (κ1) is 80.7. The summed E-state index contributed by atoms with van der Waals surface area (Å²) < 4.78 is 53.1. The summed E-state index contributed by atoms with van der Waals surface area (Å²) in [5.41, 5.74) is 9.44. The number of carbonyl (C=O) groups excluding carboxylic acids is 4. The first-order valence-electron chi connectivity index (χ1n) is 40.9. The molecule has 32 heteroatoms. The number of aryl methyl sites for hydroxylation is 6. The molecule has 8 aliphatic rings. The Kier molecular flexibility index (Phi) is 23.1. The lowest BCUT2D eigenvalue weighted by Gasteiger charge is -2.34. The minimum Gasteiger partial charge on any atom is -0.365 e. The molecule has 4 aliphatic carbocycles. The van der Waals surface area contributed by atoms with Crippen molar-refractivity contribution in [2.75, 3.05) is 47.4 Å². The van der Waals surface area contributed by atoms with Crippen LogP contribution in [0.25, 0.3) is 45.8 Å². The number of piperidine rings is 4. The fourth-order valence-corrected chi connectivity index (χ4v) is 18.4. The van der Waals surface area contributed by atoms with Gasteiger partial charge in [-0.15, -0.1) is 0 Å². The van der Waals surface area contributed by atoms with Crippen LogP contribution in [0.5, 0.6) is 0 Å². The van der Waals surface area contributed by atoms with Gasteiger partial charge in [0, 0.05) is 99.9 Å². The molecule has 8 fully saturated rings. The van der Waals surface area contributed by atoms with E-state index < -0.39 is 23.3 Å². The summed E-state index contributed by atoms with van der Waals surface area (Å²) in [5, 5.41) is 14.0. The van der Waals surface area contributed by atoms with Gasteiger partial charge in [-0.25, -0.2) is 77.4 Å². The van der Waals surface area contributed by atoms with Crippen molar-refractivity contribution in [1.82, 2.24) is 99.3 Å². The predicted molar refractivity (Wildman–Crippen MR) is 446 cm³/mol. The van der Waals surface area contributed by atoms with Gasteiger partial charge in [0.15, 0.2) is 46.6 Å². The number of anilines is 4. The topological polar surface area (TPSA) is 336 Å². The highest BCUT2D eigenvalue weighted by Gasteiger charge is 2.52. The van der Waals surface area contributed by atoms with E-state index in [0.29, 0.717) is 87.6 Å². The van der Waals surface area contributed by atoms with E-state index in [1.165, 1.54) is 0 Å². The third-order valence-electron chi connectivity index (χ3n) is 24.0. The van der Waals surface area contributed by atoms with E-state index in [2.05, 4.69) is 101 Å². The van der Waals surface area contributed by atoms with E-state index in [9.17, 15) is 36.7 Å². The molecule has 620 valence electrons. The minimum atomic E-state index is -0.530. The first-order chi connectivity index (χ1) is 59.1. The maximum atomic E-state index is 13.6. The van der Waals surface area contributed by atoms with E-state index in [4.69, 9.17) is 0 Å². The zero-order chi connectivity index (χ0) is 84.4. The summed E-state index contributed by atoms with van der Waals surface area (Å²) in [6.07, 6.45) is 30.5. The summed E-state index contributed by atoms with van der Waals surface area (Å²) in [4.78, 5) is 129. The molecular weight excluding hydrogens is 1560 g/mol. The highest BCUT2D eigenvalue weighted by atomic mass is 19.1. The standard InChI is InChI=1S/2C23H23FN6O.2C22H21FN6O/c1-13-3-4-20(25-8-13)29-18-6-15-7-19(18)30(12-15)23(31)17-5-14(2)9-26-21(17)22-27-10-16(24)11-28-22;1-13-3-4-19(26-9-13)29-17-7-15-8-18(17)30(12-15)23(31)21-20(14(2)5-6-25-21)22-27-10-16(24)11-28-22;1-13-4-5-19(25-9-13)28-17-7-14-8-18(17)29(12-14)22(30)16-3-2-6-24-20(16)21-26-10-15(23)11-27-21;1-13-4-5-19(25-9-13)28-17-7-14-8-18(17)29(12-14)22(30)20-16(3-2-6-24-20)21-26-10-15(23)11-27-21/h3-5,8-11,15,18-19H,6-7,12H2,1-2H3,(H,25,29);3-6,9-11,15,17-18H,7-8,12H2,1-2H3,(H,26,29);2*2-6,9-11,14,17-18H,7-8,12H2,1H3,(H,25,28). The maximum absolute atomic E-state index is 13.6. The van der Waals surface area contributed by atoms with Crippen molar-refractivity contribution in [3.8, 4) is 45.8 Å². The number of hydrogen-bond acceptors (Lipinski definition) is 24. The summed E-state index contributed by atoms with van der Waals surface area (Å²) in [6, 6.07) is 27.5. The fraction of sp³-hybridized carbons (Fsp3) is 0.333. The van der Waals surface area contributed by atoms with Crippen molar-refractivity contribution >= 4 is 46.9 Å². The number of nitrogens with one attached hydrogen (secondary N) is 4. The van der Waals surface area contributed by atoms with Crippen LogP contribution in [0.3, 0.4) is 0 Å². The zero-order valence-corrected chi connectivity index (χ0v) is 67.8. The van der Waals surface area contributed by atoms with Crippen molar-refractivity contribution in [3.05, 3.63) is 263 Å². The van der Waals surface area contributed by atoms with Crippen LogP contribution in [0.2, 0.25) is 0 Å². The second kappa shape index (κ2) is 34.9. The Balaban J connectivity index is 0.000000116. The number of amides is 4. The second-order valence-corrected chi connectivity index (χ2v) is 32.8. The molecule has 12 aromatic rings. The maximum Gasteiger partial charge on any atom is 0.273 e. The number of halogens is 4. The second-order valence-electron chi connectivity index (χ2n) is 32.8. The highest BCUT2D eigenvalue weighted by molar-refractivity contribution is 6.02. The van der Waals surface area contributed by atoms with Gasteiger partial charge in [0.05, 0.1) is 96.0 Å². The van der Waals surface area contributed by atoms with Crippen molar-refractivity contribution in [1.29, 1.82) is 0 Å². The van der Waals surface area contributed by atoms with Crippen LogP contribution in [0, 0.1) is 88.5 Å². The lowest BCUT2D eigenvalue weighted by molar-refractivity contribution is 0.0680. The number of carbonyl (C=O) groups is 4. The number of aromatic nitrogens is 16. The number of fused-ring (bicyclic) bond motifs is 8. The predicted octanol–water partition coefficient (Wildman–Crippen LogP) is 13.0. The molecule has 12 aromatic heterocycles. The van der Waals surface area contributed by atoms with Gasteiger partial charge in [-0.2, -0.15) is 0 Å². The lowest BCUT2D eigenvalue weighted by atomic mass is 10.0. The molecule has 122 heavy (non-hydrogen) atoms. The van der Waals surface area contributed by atoms with Gasteiger partial charge in [0.25, 0.3) is 23.6 Å². The van der Waals surface area contributed by atoms with E-state index in [0.717, 1.165) is 171 Å². The van der Waals surface area contributed by atoms with Crippen LogP contribution < -0.4 is 21.3 Å². The number of rotatable bonds is 16. The normalized spacial score (nSPS) is 22.2. The summed E-state index contributed by atoms with van der Waals surface area (Å²) in [5.74, 6) is 3.64. The van der Waals surface area contributed by atoms with Gasteiger partial charge in [-0.1, -0.05) is 24.3 Å². The van der Waals surface area contributed by atoms with Gasteiger partial charge in [0.2, 0.25) is 0 Å². The molecular formula is C90H88F4N24O4. The Morgan fingerprint density at radius 1 is 0.311 bits per heavy atom. The van der Waals surface area contributed by atoms with Crippen LogP contribution >= 0.6 is 0 Å². The summed E-state index contributed by atoms with van der Waals surface area (Å²) >= 11 is 0. The van der Waals surface area contributed by atoms with E-state index in [1.54, 1.807) is 49.1 Å². The molecule has 28 nitrogen and oxygen atoms in total. The van der Waals surface area contributed by atoms with Crippen LogP contribution in [0.1, 0.15) is 126 Å². The van der Waals surface area contributed by atoms with Crippen molar-refractivity contribution in [3.63, 3.8) is 0 Å². The molecule has 4 saturated carbocycles. The zero-order valence-electron chi connectivity index (χ0n) is 67.8. The molecule has 4 saturated heterocycles. The molecule has 8 bridgehead atoms. The van der Waals surface area contributed by atoms with E-state index in [1.807, 2.05) is 147 Å². The number of nitrogens with zero attached hydrogens (tertiary/aromatic N) is 20. The van der Waals surface area contributed by atoms with Gasteiger partial charge < -0.3 is 40.9 Å².